The maximum absolute atomic E-state index is 14.4. The largest absolute Gasteiger partial charge is 0.458 e. The predicted octanol–water partition coefficient (Wildman–Crippen LogP) is 5.42. The fourth-order valence-electron chi connectivity index (χ4n) is 5.00. The van der Waals surface area contributed by atoms with Crippen LogP contribution in [0, 0.1) is 5.82 Å². The average molecular weight is 495 g/mol. The van der Waals surface area contributed by atoms with Crippen molar-refractivity contribution in [3.05, 3.63) is 70.1 Å². The van der Waals surface area contributed by atoms with Crippen LogP contribution in [-0.4, -0.2) is 46.5 Å². The van der Waals surface area contributed by atoms with Crippen molar-refractivity contribution >= 4 is 41.5 Å². The molecule has 0 spiro atoms. The zero-order valence-corrected chi connectivity index (χ0v) is 20.2. The monoisotopic (exact) mass is 494 g/mol. The summed E-state index contributed by atoms with van der Waals surface area (Å²) in [5, 5.41) is 9.17. The highest BCUT2D eigenvalue weighted by Crippen LogP contribution is 2.42. The van der Waals surface area contributed by atoms with Crippen LogP contribution >= 0.6 is 11.6 Å². The Morgan fingerprint density at radius 3 is 3.00 bits per heavy atom. The minimum Gasteiger partial charge on any atom is -0.458 e. The van der Waals surface area contributed by atoms with Crippen LogP contribution in [0.2, 0.25) is 0 Å². The van der Waals surface area contributed by atoms with Gasteiger partial charge in [0.2, 0.25) is 12.0 Å². The second-order valence-electron chi connectivity index (χ2n) is 8.86. The lowest BCUT2D eigenvalue weighted by atomic mass is 9.89. The van der Waals surface area contributed by atoms with Crippen LogP contribution in [0.15, 0.2) is 73.8 Å². The van der Waals surface area contributed by atoms with Crippen molar-refractivity contribution in [2.45, 2.75) is 51.5 Å². The number of esters is 1. The molecule has 180 valence electrons. The molecule has 2 unspecified atom stereocenters. The molecule has 7 nitrogen and oxygen atoms in total. The Balaban J connectivity index is 1.58. The van der Waals surface area contributed by atoms with Crippen molar-refractivity contribution in [1.82, 2.24) is 4.98 Å². The van der Waals surface area contributed by atoms with Crippen LogP contribution in [-0.2, 0) is 9.53 Å². The molecular weight excluding hydrogens is 469 g/mol. The summed E-state index contributed by atoms with van der Waals surface area (Å²) in [6.45, 7) is 2.38. The van der Waals surface area contributed by atoms with Crippen LogP contribution in [0.25, 0.3) is 5.57 Å². The second-order valence-corrected chi connectivity index (χ2v) is 9.29. The summed E-state index contributed by atoms with van der Waals surface area (Å²) in [4.78, 5) is 22.5. The lowest BCUT2D eigenvalue weighted by molar-refractivity contribution is -0.721. The lowest BCUT2D eigenvalue weighted by Gasteiger charge is -2.39. The van der Waals surface area contributed by atoms with Gasteiger partial charge in [0.05, 0.1) is 17.9 Å². The topological polar surface area (TPSA) is 76.3 Å². The first-order valence-corrected chi connectivity index (χ1v) is 12.3. The molecule has 0 fully saturated rings. The van der Waals surface area contributed by atoms with Crippen LogP contribution in [0.5, 0.6) is 0 Å². The van der Waals surface area contributed by atoms with E-state index in [-0.39, 0.29) is 16.3 Å². The van der Waals surface area contributed by atoms with Gasteiger partial charge in [0, 0.05) is 30.5 Å². The number of quaternary nitrogens is 1. The summed E-state index contributed by atoms with van der Waals surface area (Å²) in [6, 6.07) is 2.91. The number of fused-ring (bicyclic) bond motifs is 2. The normalized spacial score (nSPS) is 25.2. The first-order chi connectivity index (χ1) is 17.0. The second kappa shape index (κ2) is 9.79. The quantitative estimate of drug-likeness (QED) is 0.301. The molecule has 1 aromatic heterocycles. The minimum atomic E-state index is -0.400. The fraction of sp³-hybridized carbons (Fsp3) is 0.346. The van der Waals surface area contributed by atoms with Gasteiger partial charge in [-0.3, -0.25) is 4.98 Å². The van der Waals surface area contributed by atoms with E-state index in [0.717, 1.165) is 24.0 Å². The van der Waals surface area contributed by atoms with Crippen molar-refractivity contribution in [2.75, 3.05) is 6.61 Å². The number of halogens is 2. The number of allylic oxidation sites excluding steroid dienone is 5. The van der Waals surface area contributed by atoms with E-state index in [1.807, 2.05) is 19.1 Å². The number of nitrogens with zero attached hydrogens (tertiary/aromatic N) is 5. The zero-order valence-electron chi connectivity index (χ0n) is 19.5. The molecule has 0 saturated carbocycles. The highest BCUT2D eigenvalue weighted by Gasteiger charge is 2.54. The highest BCUT2D eigenvalue weighted by atomic mass is 35.5. The molecule has 2 aliphatic heterocycles. The molecule has 0 saturated heterocycles. The number of amidine groups is 1. The Hall–Kier alpha value is -3.23. The lowest BCUT2D eigenvalue weighted by Crippen LogP contribution is -2.59. The van der Waals surface area contributed by atoms with Crippen LogP contribution in [0.4, 0.5) is 4.39 Å². The van der Waals surface area contributed by atoms with Gasteiger partial charge < -0.3 is 4.74 Å². The van der Waals surface area contributed by atoms with Crippen molar-refractivity contribution in [1.29, 1.82) is 0 Å². The number of ether oxygens (including phenoxy) is 1. The van der Waals surface area contributed by atoms with Crippen molar-refractivity contribution in [3.8, 4) is 0 Å². The van der Waals surface area contributed by atoms with Crippen LogP contribution < -0.4 is 0 Å². The molecule has 0 bridgehead atoms. The van der Waals surface area contributed by atoms with Gasteiger partial charge in [-0.05, 0) is 36.6 Å². The van der Waals surface area contributed by atoms with Crippen molar-refractivity contribution in [3.63, 3.8) is 0 Å². The van der Waals surface area contributed by atoms with E-state index in [1.165, 1.54) is 6.07 Å². The molecule has 0 radical (unpaired) electrons. The van der Waals surface area contributed by atoms with Gasteiger partial charge in [-0.2, -0.15) is 4.48 Å². The summed E-state index contributed by atoms with van der Waals surface area (Å²) in [7, 11) is 0. The number of pyridine rings is 1. The van der Waals surface area contributed by atoms with Gasteiger partial charge >= 0.3 is 5.97 Å². The number of hydrogen-bond acceptors (Lipinski definition) is 6. The Bertz CT molecular complexity index is 1280. The molecule has 2 atom stereocenters. The smallest absolute Gasteiger partial charge is 0.394 e. The zero-order chi connectivity index (χ0) is 24.4. The van der Waals surface area contributed by atoms with Gasteiger partial charge in [-0.15, -0.1) is 0 Å². The summed E-state index contributed by atoms with van der Waals surface area (Å²) in [6.07, 6.45) is 14.6. The number of hydrogen-bond donors (Lipinski definition) is 0. The Kier molecular flexibility index (Phi) is 6.58. The predicted molar refractivity (Wildman–Crippen MR) is 134 cm³/mol. The summed E-state index contributed by atoms with van der Waals surface area (Å²) >= 11 is 6.28. The number of aliphatic imine (C=N–C) groups is 1. The van der Waals surface area contributed by atoms with Crippen molar-refractivity contribution < 1.29 is 18.4 Å². The maximum Gasteiger partial charge on any atom is 0.394 e. The number of unbranched alkanes of at least 4 members (excludes halogenated alkanes) is 1. The molecule has 9 heteroatoms. The number of carbonyl (C=O) groups excluding carboxylic acids is 1. The first-order valence-electron chi connectivity index (χ1n) is 11.9. The first kappa shape index (κ1) is 23.5. The SMILES string of the molecule is CCCCOC(=O)C1=C2CC=C(Cl)C=C2N=CC2=NN=C[N+]21C1CC=C(c2ncccc2F)CC1. The molecular formula is C26H26ClFN5O2+. The third kappa shape index (κ3) is 4.21. The Morgan fingerprint density at radius 2 is 2.23 bits per heavy atom. The van der Waals surface area contributed by atoms with E-state index in [2.05, 4.69) is 20.2 Å². The molecule has 5 rings (SSSR count). The van der Waals surface area contributed by atoms with E-state index in [1.54, 1.807) is 30.9 Å². The van der Waals surface area contributed by atoms with Gasteiger partial charge in [-0.25, -0.2) is 14.2 Å². The third-order valence-corrected chi connectivity index (χ3v) is 7.04. The number of rotatable bonds is 6. The molecule has 0 aromatic carbocycles. The molecule has 1 aromatic rings. The fourth-order valence-corrected chi connectivity index (χ4v) is 5.18. The summed E-state index contributed by atoms with van der Waals surface area (Å²) in [5.41, 5.74) is 3.10. The minimum absolute atomic E-state index is 0.0288. The van der Waals surface area contributed by atoms with Gasteiger partial charge in [0.1, 0.15) is 23.8 Å². The highest BCUT2D eigenvalue weighted by molar-refractivity contribution is 6.32. The summed E-state index contributed by atoms with van der Waals surface area (Å²) < 4.78 is 20.1. The standard InChI is InChI=1S/C26H26ClFN5O2/c1-2-3-13-35-26(34)25-20-11-8-18(27)14-22(20)30-15-23-32-31-16-33(23,25)19-9-6-17(7-10-19)24-21(28)5-4-12-29-24/h4-6,8,12,14-16,19H,2-3,7,9-11,13H2,1H3/q+1. The Morgan fingerprint density at radius 1 is 1.34 bits per heavy atom. The molecule has 35 heavy (non-hydrogen) atoms. The van der Waals surface area contributed by atoms with E-state index < -0.39 is 5.97 Å². The van der Waals surface area contributed by atoms with E-state index in [4.69, 9.17) is 16.3 Å². The molecule has 0 amide bonds. The molecule has 3 heterocycles. The number of carbonyl (C=O) groups is 1. The molecule has 4 aliphatic rings. The molecule has 2 aliphatic carbocycles. The van der Waals surface area contributed by atoms with Crippen molar-refractivity contribution in [2.24, 2.45) is 15.2 Å². The van der Waals surface area contributed by atoms with E-state index in [9.17, 15) is 9.18 Å². The van der Waals surface area contributed by atoms with E-state index in [0.29, 0.717) is 60.2 Å². The maximum atomic E-state index is 14.4. The van der Waals surface area contributed by atoms with Gasteiger partial charge in [0.15, 0.2) is 0 Å². The average Bonchev–Trinajstić information content (AvgIpc) is 3.23. The molecule has 0 N–H and O–H groups in total. The van der Waals surface area contributed by atoms with Gasteiger partial charge in [-0.1, -0.05) is 47.3 Å². The van der Waals surface area contributed by atoms with Crippen LogP contribution in [0.1, 0.15) is 51.1 Å². The Labute approximate surface area is 208 Å². The van der Waals surface area contributed by atoms with Gasteiger partial charge in [0.25, 0.3) is 5.84 Å². The summed E-state index contributed by atoms with van der Waals surface area (Å²) in [5.74, 6) is -0.181. The van der Waals surface area contributed by atoms with E-state index >= 15 is 0 Å². The number of aromatic nitrogens is 1. The van der Waals surface area contributed by atoms with Crippen LogP contribution in [0.3, 0.4) is 0 Å². The third-order valence-electron chi connectivity index (χ3n) is 6.78.